The second kappa shape index (κ2) is 13.3. The van der Waals surface area contributed by atoms with Crippen molar-refractivity contribution in [2.45, 2.75) is 77.4 Å². The maximum atomic E-state index is 14.7. The lowest BCUT2D eigenvalue weighted by atomic mass is 9.97. The van der Waals surface area contributed by atoms with Crippen LogP contribution in [0.4, 0.5) is 21.4 Å². The van der Waals surface area contributed by atoms with Crippen molar-refractivity contribution in [3.63, 3.8) is 0 Å². The number of anilines is 2. The molecule has 4 amide bonds. The van der Waals surface area contributed by atoms with E-state index in [0.29, 0.717) is 36.9 Å². The van der Waals surface area contributed by atoms with Crippen molar-refractivity contribution in [1.82, 2.24) is 30.0 Å². The van der Waals surface area contributed by atoms with Crippen LogP contribution in [0.1, 0.15) is 53.0 Å². The number of aromatic nitrogens is 2. The number of piperidine rings is 1. The van der Waals surface area contributed by atoms with Gasteiger partial charge in [-0.2, -0.15) is 9.88 Å². The van der Waals surface area contributed by atoms with Crippen molar-refractivity contribution in [2.75, 3.05) is 36.9 Å². The van der Waals surface area contributed by atoms with Crippen LogP contribution in [0.5, 0.6) is 0 Å². The molecular weight excluding hydrogens is 622 g/mol. The van der Waals surface area contributed by atoms with Gasteiger partial charge in [0, 0.05) is 38.1 Å². The highest BCUT2D eigenvalue weighted by atomic mass is 16.6. The quantitative estimate of drug-likeness (QED) is 0.367. The topological polar surface area (TPSA) is 136 Å². The van der Waals surface area contributed by atoms with Crippen molar-refractivity contribution < 1.29 is 19.1 Å². The van der Waals surface area contributed by atoms with Gasteiger partial charge in [0.05, 0.1) is 12.1 Å². The Bertz CT molecular complexity index is 1850. The first-order valence-electron chi connectivity index (χ1n) is 16.6. The summed E-state index contributed by atoms with van der Waals surface area (Å²) in [7, 11) is 1.64. The number of carbonyl (C=O) groups excluding carboxylic acids is 3. The van der Waals surface area contributed by atoms with Gasteiger partial charge in [0.2, 0.25) is 11.9 Å². The molecule has 3 aromatic rings. The molecule has 2 N–H and O–H groups in total. The number of rotatable bonds is 6. The first kappa shape index (κ1) is 33.5. The summed E-state index contributed by atoms with van der Waals surface area (Å²) in [5.74, 6) is 6.59. The number of nitrogens with one attached hydrogen (secondary N) is 2. The van der Waals surface area contributed by atoms with Gasteiger partial charge < -0.3 is 25.2 Å². The molecule has 2 aromatic carbocycles. The number of aliphatic imine (C=N–C) groups is 1. The number of hydrogen-bond acceptors (Lipinski definition) is 10. The highest BCUT2D eigenvalue weighted by Gasteiger charge is 2.61. The smallest absolute Gasteiger partial charge is 0.407 e. The number of imide groups is 1. The molecule has 0 aliphatic carbocycles. The van der Waals surface area contributed by atoms with E-state index in [-0.39, 0.29) is 18.5 Å². The first-order chi connectivity index (χ1) is 23.4. The number of carbonyl (C=O) groups is 3. The Morgan fingerprint density at radius 1 is 1.08 bits per heavy atom. The number of amides is 4. The molecule has 0 spiro atoms. The molecule has 0 bridgehead atoms. The Morgan fingerprint density at radius 2 is 1.82 bits per heavy atom. The van der Waals surface area contributed by atoms with Gasteiger partial charge in [-0.15, -0.1) is 5.92 Å². The number of urea groups is 1. The van der Waals surface area contributed by atoms with Crippen LogP contribution in [0, 0.1) is 11.8 Å². The highest BCUT2D eigenvalue weighted by molar-refractivity contribution is 6.19. The molecule has 0 saturated carbocycles. The number of fused-ring (bicyclic) bond motifs is 2. The minimum Gasteiger partial charge on any atom is -0.444 e. The third kappa shape index (κ3) is 6.68. The van der Waals surface area contributed by atoms with E-state index in [1.807, 2.05) is 80.3 Å². The highest BCUT2D eigenvalue weighted by Crippen LogP contribution is 2.39. The maximum Gasteiger partial charge on any atom is 0.407 e. The second-order valence-corrected chi connectivity index (χ2v) is 13.6. The summed E-state index contributed by atoms with van der Waals surface area (Å²) in [6, 6.07) is 15.7. The van der Waals surface area contributed by atoms with E-state index in [1.54, 1.807) is 20.9 Å². The van der Waals surface area contributed by atoms with Gasteiger partial charge in [-0.1, -0.05) is 48.4 Å². The third-order valence-corrected chi connectivity index (χ3v) is 8.97. The van der Waals surface area contributed by atoms with Gasteiger partial charge in [0.25, 0.3) is 5.91 Å². The summed E-state index contributed by atoms with van der Waals surface area (Å²) in [6.07, 6.45) is 1.07. The number of benzene rings is 2. The van der Waals surface area contributed by atoms with Crippen LogP contribution in [0.2, 0.25) is 0 Å². The van der Waals surface area contributed by atoms with Crippen LogP contribution in [0.3, 0.4) is 0 Å². The molecule has 2 saturated heterocycles. The lowest BCUT2D eigenvalue weighted by Gasteiger charge is -2.46. The molecule has 256 valence electrons. The summed E-state index contributed by atoms with van der Waals surface area (Å²) in [6.45, 7) is 10.8. The van der Waals surface area contributed by atoms with E-state index in [9.17, 15) is 14.4 Å². The van der Waals surface area contributed by atoms with Gasteiger partial charge >= 0.3 is 12.1 Å². The first-order valence-corrected chi connectivity index (χ1v) is 16.6. The Balaban J connectivity index is 1.32. The minimum absolute atomic E-state index is 0.0206. The number of likely N-dealkylation sites (N-methyl/N-ethyl adjacent to an activating group) is 1. The number of guanidine groups is 1. The molecule has 3 aliphatic heterocycles. The fraction of sp³-hybridized carbons (Fsp3) is 0.444. The molecule has 3 atom stereocenters. The summed E-state index contributed by atoms with van der Waals surface area (Å²) in [5.41, 5.74) is -0.206. The predicted octanol–water partition coefficient (Wildman–Crippen LogP) is 4.41. The molecule has 2 fully saturated rings. The number of likely N-dealkylation sites (tertiary alicyclic amines) is 1. The SMILES string of the molecule is CC#CCN1C(N2CCCC(NC(=O)OC(C)(C)C)C2)=NC2(C)C1C(=O)N(c1nc(NCc3ccccc3)c3ccccc3n1)C(=O)N2C. The Kier molecular flexibility index (Phi) is 9.07. The van der Waals surface area contributed by atoms with Crippen molar-refractivity contribution >= 4 is 46.7 Å². The normalized spacial score (nSPS) is 22.4. The van der Waals surface area contributed by atoms with Crippen LogP contribution >= 0.6 is 0 Å². The Labute approximate surface area is 286 Å². The van der Waals surface area contributed by atoms with Gasteiger partial charge in [-0.3, -0.25) is 9.69 Å². The molecule has 3 unspecified atom stereocenters. The Hall–Kier alpha value is -5.38. The summed E-state index contributed by atoms with van der Waals surface area (Å²) in [5, 5.41) is 7.14. The van der Waals surface area contributed by atoms with E-state index in [2.05, 4.69) is 27.4 Å². The Morgan fingerprint density at radius 3 is 2.55 bits per heavy atom. The van der Waals surface area contributed by atoms with Gasteiger partial charge in [0.15, 0.2) is 11.7 Å². The molecular formula is C36H43N9O4. The predicted molar refractivity (Wildman–Crippen MR) is 188 cm³/mol. The standard InChI is InChI=1S/C36H43N9O4/c1-7-8-21-44-28-30(46)45(31-39-27-19-13-12-18-26(27)29(40-31)37-22-24-15-10-9-11-16-24)34(48)42(6)36(28,5)41-32(44)43-20-14-17-25(23-43)38-33(47)49-35(2,3)4/h9-13,15-16,18-19,25,28H,14,17,20-23H2,1-6H3,(H,38,47)(H,37,39,40). The number of hydrogen-bond donors (Lipinski definition) is 2. The minimum atomic E-state index is -1.23. The summed E-state index contributed by atoms with van der Waals surface area (Å²) >= 11 is 0. The van der Waals surface area contributed by atoms with Crippen LogP contribution in [-0.2, 0) is 16.1 Å². The summed E-state index contributed by atoms with van der Waals surface area (Å²) in [4.78, 5) is 62.4. The molecule has 4 heterocycles. The molecule has 0 radical (unpaired) electrons. The zero-order valence-electron chi connectivity index (χ0n) is 28.9. The van der Waals surface area contributed by atoms with Crippen molar-refractivity contribution in [1.29, 1.82) is 0 Å². The fourth-order valence-electron chi connectivity index (χ4n) is 6.52. The molecule has 1 aromatic heterocycles. The van der Waals surface area contributed by atoms with Crippen LogP contribution < -0.4 is 15.5 Å². The fourth-order valence-corrected chi connectivity index (χ4v) is 6.52. The molecule has 13 nitrogen and oxygen atoms in total. The monoisotopic (exact) mass is 665 g/mol. The summed E-state index contributed by atoms with van der Waals surface area (Å²) < 4.78 is 5.50. The van der Waals surface area contributed by atoms with Gasteiger partial charge in [0.1, 0.15) is 11.4 Å². The lowest BCUT2D eigenvalue weighted by molar-refractivity contribution is -0.127. The number of alkyl carbamates (subject to hydrolysis) is 1. The third-order valence-electron chi connectivity index (χ3n) is 8.97. The zero-order valence-corrected chi connectivity index (χ0v) is 28.9. The van der Waals surface area contributed by atoms with E-state index in [4.69, 9.17) is 19.7 Å². The number of para-hydroxylation sites is 1. The molecule has 49 heavy (non-hydrogen) atoms. The molecule has 13 heteroatoms. The average Bonchev–Trinajstić information content (AvgIpc) is 3.38. The maximum absolute atomic E-state index is 14.7. The largest absolute Gasteiger partial charge is 0.444 e. The van der Waals surface area contributed by atoms with E-state index in [1.165, 1.54) is 4.90 Å². The van der Waals surface area contributed by atoms with Gasteiger partial charge in [-0.05, 0) is 65.2 Å². The van der Waals surface area contributed by atoms with Crippen LogP contribution in [0.25, 0.3) is 10.9 Å². The molecule has 6 rings (SSSR count). The molecule has 3 aliphatic rings. The van der Waals surface area contributed by atoms with E-state index in [0.717, 1.165) is 28.7 Å². The second-order valence-electron chi connectivity index (χ2n) is 13.6. The average molecular weight is 666 g/mol. The van der Waals surface area contributed by atoms with Crippen LogP contribution in [-0.4, -0.2) is 98.7 Å². The van der Waals surface area contributed by atoms with Crippen LogP contribution in [0.15, 0.2) is 59.6 Å². The lowest BCUT2D eigenvalue weighted by Crippen LogP contribution is -2.71. The van der Waals surface area contributed by atoms with Gasteiger partial charge in [-0.25, -0.2) is 19.6 Å². The number of nitrogens with zero attached hydrogens (tertiary/aromatic N) is 7. The number of ether oxygens (including phenoxy) is 1. The van der Waals surface area contributed by atoms with E-state index < -0.39 is 35.3 Å². The van der Waals surface area contributed by atoms with Crippen molar-refractivity contribution in [3.8, 4) is 11.8 Å². The zero-order chi connectivity index (χ0) is 34.9. The van der Waals surface area contributed by atoms with Crippen molar-refractivity contribution in [3.05, 3.63) is 60.2 Å². The van der Waals surface area contributed by atoms with Crippen molar-refractivity contribution in [2.24, 2.45) is 4.99 Å². The van der Waals surface area contributed by atoms with E-state index >= 15 is 0 Å².